The summed E-state index contributed by atoms with van der Waals surface area (Å²) in [6.07, 6.45) is 7.07. The minimum atomic E-state index is 0.425. The second kappa shape index (κ2) is 10.2. The van der Waals surface area contributed by atoms with E-state index < -0.39 is 0 Å². The fourth-order valence-electron chi connectivity index (χ4n) is 2.31. The minimum Gasteiger partial charge on any atom is -0.491 e. The Balaban J connectivity index is 1.53. The number of para-hydroxylation sites is 1. The molecule has 27 heavy (non-hydrogen) atoms. The standard InChI is InChI=1S/C20H21N5OS/c21-20(27-15-17-6-2-1-3-7-17)24-23-14-18-8-4-5-9-19(18)26-13-12-25-11-10-22-16-25/h1-11,14,16H,12-13,15H2,(H2,21,24). The Kier molecular flexibility index (Phi) is 7.06. The Morgan fingerprint density at radius 3 is 2.78 bits per heavy atom. The van der Waals surface area contributed by atoms with Crippen LogP contribution in [-0.2, 0) is 12.3 Å². The van der Waals surface area contributed by atoms with Crippen molar-refractivity contribution in [1.29, 1.82) is 0 Å². The van der Waals surface area contributed by atoms with Gasteiger partial charge < -0.3 is 15.0 Å². The van der Waals surface area contributed by atoms with Gasteiger partial charge in [0.2, 0.25) is 0 Å². The first-order valence-electron chi connectivity index (χ1n) is 8.52. The van der Waals surface area contributed by atoms with E-state index in [1.165, 1.54) is 17.3 Å². The van der Waals surface area contributed by atoms with Crippen molar-refractivity contribution in [2.24, 2.45) is 15.9 Å². The SMILES string of the molecule is NC(=NN=Cc1ccccc1OCCn1ccnc1)SCc1ccccc1. The molecule has 0 radical (unpaired) electrons. The minimum absolute atomic E-state index is 0.425. The van der Waals surface area contributed by atoms with E-state index in [-0.39, 0.29) is 0 Å². The first-order chi connectivity index (χ1) is 13.3. The molecule has 0 bridgehead atoms. The highest BCUT2D eigenvalue weighted by Gasteiger charge is 2.01. The molecule has 0 spiro atoms. The van der Waals surface area contributed by atoms with Crippen LogP contribution in [-0.4, -0.2) is 27.5 Å². The van der Waals surface area contributed by atoms with Crippen LogP contribution in [0.2, 0.25) is 0 Å². The fourth-order valence-corrected chi connectivity index (χ4v) is 2.92. The highest BCUT2D eigenvalue weighted by molar-refractivity contribution is 8.13. The molecule has 1 heterocycles. The summed E-state index contributed by atoms with van der Waals surface area (Å²) in [4.78, 5) is 4.01. The molecule has 2 N–H and O–H groups in total. The quantitative estimate of drug-likeness (QED) is 0.369. The molecule has 6 nitrogen and oxygen atoms in total. The van der Waals surface area contributed by atoms with E-state index in [0.29, 0.717) is 11.8 Å². The smallest absolute Gasteiger partial charge is 0.180 e. The van der Waals surface area contributed by atoms with E-state index in [1.807, 2.05) is 53.2 Å². The average molecular weight is 379 g/mol. The summed E-state index contributed by atoms with van der Waals surface area (Å²) in [6, 6.07) is 17.8. The molecule has 0 amide bonds. The number of hydrogen-bond donors (Lipinski definition) is 1. The predicted molar refractivity (Wildman–Crippen MR) is 111 cm³/mol. The highest BCUT2D eigenvalue weighted by atomic mass is 32.2. The number of ether oxygens (including phenoxy) is 1. The maximum absolute atomic E-state index is 5.92. The van der Waals surface area contributed by atoms with Gasteiger partial charge in [0, 0.05) is 23.7 Å². The Bertz CT molecular complexity index is 878. The largest absolute Gasteiger partial charge is 0.491 e. The zero-order valence-electron chi connectivity index (χ0n) is 14.8. The third-order valence-electron chi connectivity index (χ3n) is 3.67. The summed E-state index contributed by atoms with van der Waals surface area (Å²) in [5.41, 5.74) is 7.97. The van der Waals surface area contributed by atoms with Gasteiger partial charge >= 0.3 is 0 Å². The van der Waals surface area contributed by atoms with Crippen LogP contribution in [0.1, 0.15) is 11.1 Å². The summed E-state index contributed by atoms with van der Waals surface area (Å²) in [5, 5.41) is 8.57. The molecule has 3 aromatic rings. The van der Waals surface area contributed by atoms with Crippen molar-refractivity contribution in [2.45, 2.75) is 12.3 Å². The van der Waals surface area contributed by atoms with Crippen LogP contribution in [0.15, 0.2) is 83.5 Å². The van der Waals surface area contributed by atoms with Gasteiger partial charge in [0.1, 0.15) is 12.4 Å². The summed E-state index contributed by atoms with van der Waals surface area (Å²) >= 11 is 1.46. The molecule has 0 atom stereocenters. The lowest BCUT2D eigenvalue weighted by molar-refractivity contribution is 0.298. The van der Waals surface area contributed by atoms with Crippen molar-refractivity contribution in [3.63, 3.8) is 0 Å². The van der Waals surface area contributed by atoms with Crippen LogP contribution >= 0.6 is 11.8 Å². The van der Waals surface area contributed by atoms with Crippen LogP contribution in [0.4, 0.5) is 0 Å². The molecule has 3 rings (SSSR count). The second-order valence-electron chi connectivity index (χ2n) is 5.64. The second-order valence-corrected chi connectivity index (χ2v) is 6.64. The van der Waals surface area contributed by atoms with Crippen molar-refractivity contribution in [3.8, 4) is 5.75 Å². The van der Waals surface area contributed by atoms with Crippen molar-refractivity contribution in [1.82, 2.24) is 9.55 Å². The van der Waals surface area contributed by atoms with Gasteiger partial charge in [-0.25, -0.2) is 4.98 Å². The molecule has 0 saturated heterocycles. The van der Waals surface area contributed by atoms with E-state index >= 15 is 0 Å². The molecular weight excluding hydrogens is 358 g/mol. The van der Waals surface area contributed by atoms with E-state index in [9.17, 15) is 0 Å². The maximum atomic E-state index is 5.92. The number of imidazole rings is 1. The van der Waals surface area contributed by atoms with Gasteiger partial charge in [-0.05, 0) is 17.7 Å². The van der Waals surface area contributed by atoms with Crippen LogP contribution < -0.4 is 10.5 Å². The molecule has 0 aliphatic carbocycles. The lowest BCUT2D eigenvalue weighted by Gasteiger charge is -2.08. The average Bonchev–Trinajstić information content (AvgIpc) is 3.22. The summed E-state index contributed by atoms with van der Waals surface area (Å²) in [7, 11) is 0. The van der Waals surface area contributed by atoms with Crippen molar-refractivity contribution in [3.05, 3.63) is 84.4 Å². The topological polar surface area (TPSA) is 77.8 Å². The first kappa shape index (κ1) is 18.7. The third-order valence-corrected chi connectivity index (χ3v) is 4.52. The molecule has 2 aromatic carbocycles. The molecular formula is C20H21N5OS. The number of nitrogens with two attached hydrogens (primary N) is 1. The van der Waals surface area contributed by atoms with Gasteiger partial charge in [-0.2, -0.15) is 5.10 Å². The third kappa shape index (κ3) is 6.31. The number of benzene rings is 2. The molecule has 0 saturated carbocycles. The van der Waals surface area contributed by atoms with E-state index in [1.54, 1.807) is 18.7 Å². The van der Waals surface area contributed by atoms with Gasteiger partial charge in [-0.15, -0.1) is 5.10 Å². The van der Waals surface area contributed by atoms with Gasteiger partial charge in [0.25, 0.3) is 0 Å². The number of hydrogen-bond acceptors (Lipinski definition) is 5. The molecule has 0 aliphatic heterocycles. The molecule has 0 aliphatic rings. The van der Waals surface area contributed by atoms with Gasteiger partial charge in [0.05, 0.1) is 19.1 Å². The number of nitrogens with zero attached hydrogens (tertiary/aromatic N) is 4. The number of rotatable bonds is 8. The van der Waals surface area contributed by atoms with E-state index in [2.05, 4.69) is 27.3 Å². The van der Waals surface area contributed by atoms with Crippen molar-refractivity contribution >= 4 is 23.1 Å². The number of thioether (sulfide) groups is 1. The Hall–Kier alpha value is -3.06. The van der Waals surface area contributed by atoms with Crippen LogP contribution in [0.25, 0.3) is 0 Å². The van der Waals surface area contributed by atoms with Gasteiger partial charge in [-0.3, -0.25) is 0 Å². The normalized spacial score (nSPS) is 11.8. The highest BCUT2D eigenvalue weighted by Crippen LogP contribution is 2.16. The Morgan fingerprint density at radius 1 is 1.15 bits per heavy atom. The summed E-state index contributed by atoms with van der Waals surface area (Å²) in [6.45, 7) is 1.27. The Morgan fingerprint density at radius 2 is 1.96 bits per heavy atom. The zero-order chi connectivity index (χ0) is 18.7. The van der Waals surface area contributed by atoms with Crippen molar-refractivity contribution in [2.75, 3.05) is 6.61 Å². The van der Waals surface area contributed by atoms with Gasteiger partial charge in [0.15, 0.2) is 5.17 Å². The molecule has 0 unspecified atom stereocenters. The molecule has 0 fully saturated rings. The van der Waals surface area contributed by atoms with Gasteiger partial charge in [-0.1, -0.05) is 54.2 Å². The van der Waals surface area contributed by atoms with Crippen LogP contribution in [0.3, 0.4) is 0 Å². The molecule has 7 heteroatoms. The number of aromatic nitrogens is 2. The number of amidine groups is 1. The lowest BCUT2D eigenvalue weighted by Crippen LogP contribution is -2.07. The predicted octanol–water partition coefficient (Wildman–Crippen LogP) is 3.54. The summed E-state index contributed by atoms with van der Waals surface area (Å²) in [5.74, 6) is 1.52. The van der Waals surface area contributed by atoms with E-state index in [4.69, 9.17) is 10.5 Å². The monoisotopic (exact) mass is 379 g/mol. The van der Waals surface area contributed by atoms with Crippen LogP contribution in [0, 0.1) is 0 Å². The van der Waals surface area contributed by atoms with Crippen LogP contribution in [0.5, 0.6) is 5.75 Å². The van der Waals surface area contributed by atoms with E-state index in [0.717, 1.165) is 23.6 Å². The first-order valence-corrected chi connectivity index (χ1v) is 9.50. The molecule has 138 valence electrons. The van der Waals surface area contributed by atoms with Crippen molar-refractivity contribution < 1.29 is 4.74 Å². The Labute approximate surface area is 162 Å². The fraction of sp³-hybridized carbons (Fsp3) is 0.150. The summed E-state index contributed by atoms with van der Waals surface area (Å²) < 4.78 is 7.81. The lowest BCUT2D eigenvalue weighted by atomic mass is 10.2. The zero-order valence-corrected chi connectivity index (χ0v) is 15.6. The maximum Gasteiger partial charge on any atom is 0.180 e. The molecule has 1 aromatic heterocycles.